The molecular formula is C34H48O8. The number of aliphatic hydroxyl groups is 3. The third-order valence-electron chi connectivity index (χ3n) is 10.3. The number of aliphatic hydroxyl groups excluding tert-OH is 2. The molecule has 4 heterocycles. The largest absolute Gasteiger partial charge is 0.462 e. The summed E-state index contributed by atoms with van der Waals surface area (Å²) in [6.45, 7) is 12.1. The van der Waals surface area contributed by atoms with Gasteiger partial charge in [0.1, 0.15) is 29.8 Å². The van der Waals surface area contributed by atoms with Crippen molar-refractivity contribution in [2.24, 2.45) is 17.8 Å². The van der Waals surface area contributed by atoms with Crippen LogP contribution in [0.15, 0.2) is 58.7 Å². The predicted molar refractivity (Wildman–Crippen MR) is 158 cm³/mol. The Kier molecular flexibility index (Phi) is 9.06. The highest BCUT2D eigenvalue weighted by atomic mass is 16.7. The van der Waals surface area contributed by atoms with Gasteiger partial charge in [0, 0.05) is 25.2 Å². The first-order valence-corrected chi connectivity index (χ1v) is 15.5. The number of fused-ring (bicyclic) bond motifs is 2. The Labute approximate surface area is 249 Å². The Hall–Kier alpha value is -2.07. The number of hydrogen-bond acceptors (Lipinski definition) is 8. The number of hydrogen-bond donors (Lipinski definition) is 3. The van der Waals surface area contributed by atoms with E-state index < -0.39 is 47.7 Å². The molecule has 1 aliphatic carbocycles. The van der Waals surface area contributed by atoms with Crippen molar-refractivity contribution in [1.82, 2.24) is 0 Å². The molecule has 0 saturated carbocycles. The standard InChI is InChI=1S/C34H48O8/c1-7-19(2)30-23(6)28(35)17-33(42-30)16-26-15-25(41-33)13-12-21(4)20(3)10-8-9-11-24-18-39-31-29(36)22(5)14-27(32(37)40-26)34(24,31)38/h7-9,11-12,14,20,23,25-31,35-36,38H,10,13,15-18H2,1-6H3/b9-8-,19-7+,21-12+,24-11+/t20-,23-,25+,26-,27-,28-,29+,30+,31+,33?,34+/m0/s1. The topological polar surface area (TPSA) is 115 Å². The molecule has 8 heteroatoms. The monoisotopic (exact) mass is 584 g/mol. The van der Waals surface area contributed by atoms with E-state index in [1.807, 2.05) is 32.9 Å². The highest BCUT2D eigenvalue weighted by molar-refractivity contribution is 5.78. The molecule has 1 unspecified atom stereocenters. The molecule has 0 aromatic rings. The minimum absolute atomic E-state index is 0.111. The molecule has 4 aliphatic heterocycles. The summed E-state index contributed by atoms with van der Waals surface area (Å²) in [7, 11) is 0. The lowest BCUT2D eigenvalue weighted by molar-refractivity contribution is -0.342. The van der Waals surface area contributed by atoms with Crippen molar-refractivity contribution < 1.29 is 39.1 Å². The maximum absolute atomic E-state index is 14.0. The zero-order chi connectivity index (χ0) is 30.4. The van der Waals surface area contributed by atoms with Crippen molar-refractivity contribution in [3.8, 4) is 0 Å². The van der Waals surface area contributed by atoms with Gasteiger partial charge in [-0.2, -0.15) is 0 Å². The third-order valence-corrected chi connectivity index (χ3v) is 10.3. The second kappa shape index (κ2) is 12.1. The van der Waals surface area contributed by atoms with Crippen LogP contribution in [0.2, 0.25) is 0 Å². The Morgan fingerprint density at radius 3 is 2.57 bits per heavy atom. The van der Waals surface area contributed by atoms with E-state index in [1.54, 1.807) is 19.1 Å². The molecule has 2 bridgehead atoms. The number of allylic oxidation sites excluding steroid dienone is 5. The van der Waals surface area contributed by atoms with E-state index in [9.17, 15) is 20.1 Å². The summed E-state index contributed by atoms with van der Waals surface area (Å²) < 4.78 is 25.5. The van der Waals surface area contributed by atoms with Crippen LogP contribution in [0.5, 0.6) is 0 Å². The quantitative estimate of drug-likeness (QED) is 0.306. The van der Waals surface area contributed by atoms with Crippen LogP contribution in [0, 0.1) is 17.8 Å². The number of rotatable bonds is 1. The van der Waals surface area contributed by atoms with Gasteiger partial charge in [0.05, 0.1) is 24.9 Å². The van der Waals surface area contributed by atoms with E-state index in [0.29, 0.717) is 29.9 Å². The van der Waals surface area contributed by atoms with Crippen LogP contribution in [0.1, 0.15) is 73.6 Å². The average Bonchev–Trinajstić information content (AvgIpc) is 3.29. The highest BCUT2D eigenvalue weighted by Gasteiger charge is 2.60. The molecule has 5 rings (SSSR count). The van der Waals surface area contributed by atoms with Crippen molar-refractivity contribution in [1.29, 1.82) is 0 Å². The smallest absolute Gasteiger partial charge is 0.316 e. The molecule has 1 spiro atoms. The van der Waals surface area contributed by atoms with Gasteiger partial charge in [-0.3, -0.25) is 4.79 Å². The molecule has 42 heavy (non-hydrogen) atoms. The summed E-state index contributed by atoms with van der Waals surface area (Å²) in [4.78, 5) is 14.0. The van der Waals surface area contributed by atoms with Gasteiger partial charge < -0.3 is 34.3 Å². The van der Waals surface area contributed by atoms with Gasteiger partial charge in [0.25, 0.3) is 0 Å². The zero-order valence-electron chi connectivity index (χ0n) is 25.8. The van der Waals surface area contributed by atoms with E-state index in [1.165, 1.54) is 5.57 Å². The van der Waals surface area contributed by atoms with Gasteiger partial charge in [0.15, 0.2) is 5.79 Å². The number of esters is 1. The van der Waals surface area contributed by atoms with Crippen molar-refractivity contribution in [3.63, 3.8) is 0 Å². The molecule has 232 valence electrons. The van der Waals surface area contributed by atoms with Crippen LogP contribution in [0.3, 0.4) is 0 Å². The van der Waals surface area contributed by atoms with Crippen molar-refractivity contribution in [2.75, 3.05) is 6.61 Å². The van der Waals surface area contributed by atoms with Crippen LogP contribution in [0.25, 0.3) is 0 Å². The van der Waals surface area contributed by atoms with E-state index in [4.69, 9.17) is 18.9 Å². The Bertz CT molecular complexity index is 1200. The summed E-state index contributed by atoms with van der Waals surface area (Å²) >= 11 is 0. The summed E-state index contributed by atoms with van der Waals surface area (Å²) in [6.07, 6.45) is 10.2. The van der Waals surface area contributed by atoms with E-state index in [0.717, 1.165) is 12.0 Å². The molecule has 11 atom stereocenters. The molecule has 0 aromatic carbocycles. The van der Waals surface area contributed by atoms with Crippen molar-refractivity contribution >= 4 is 5.97 Å². The summed E-state index contributed by atoms with van der Waals surface area (Å²) in [5, 5.41) is 34.1. The Morgan fingerprint density at radius 1 is 1.07 bits per heavy atom. The second-order valence-corrected chi connectivity index (χ2v) is 13.2. The van der Waals surface area contributed by atoms with Crippen LogP contribution >= 0.6 is 0 Å². The fourth-order valence-electron chi connectivity index (χ4n) is 7.21. The second-order valence-electron chi connectivity index (χ2n) is 13.2. The van der Waals surface area contributed by atoms with E-state index in [-0.39, 0.29) is 37.6 Å². The molecular weight excluding hydrogens is 536 g/mol. The fraction of sp³-hybridized carbons (Fsp3) is 0.676. The number of carbonyl (C=O) groups excluding carboxylic acids is 1. The van der Waals surface area contributed by atoms with E-state index >= 15 is 0 Å². The fourth-order valence-corrected chi connectivity index (χ4v) is 7.21. The average molecular weight is 585 g/mol. The normalized spacial score (nSPS) is 48.3. The van der Waals surface area contributed by atoms with Gasteiger partial charge in [0.2, 0.25) is 0 Å². The molecule has 5 aliphatic rings. The van der Waals surface area contributed by atoms with Gasteiger partial charge in [-0.15, -0.1) is 0 Å². The van der Waals surface area contributed by atoms with Gasteiger partial charge >= 0.3 is 5.97 Å². The summed E-state index contributed by atoms with van der Waals surface area (Å²) in [6, 6.07) is 0. The zero-order valence-corrected chi connectivity index (χ0v) is 25.8. The van der Waals surface area contributed by atoms with Gasteiger partial charge in [-0.25, -0.2) is 0 Å². The Balaban J connectivity index is 1.53. The first-order valence-electron chi connectivity index (χ1n) is 15.5. The maximum atomic E-state index is 14.0. The molecule has 0 amide bonds. The maximum Gasteiger partial charge on any atom is 0.316 e. The lowest BCUT2D eigenvalue weighted by Crippen LogP contribution is -2.59. The first kappa shape index (κ1) is 31.4. The molecule has 3 saturated heterocycles. The molecule has 3 N–H and O–H groups in total. The van der Waals surface area contributed by atoms with Gasteiger partial charge in [-0.05, 0) is 63.2 Å². The minimum atomic E-state index is -1.73. The van der Waals surface area contributed by atoms with Gasteiger partial charge in [-0.1, -0.05) is 55.9 Å². The van der Waals surface area contributed by atoms with Crippen molar-refractivity contribution in [3.05, 3.63) is 58.7 Å². The minimum Gasteiger partial charge on any atom is -0.462 e. The molecule has 0 aromatic heterocycles. The van der Waals surface area contributed by atoms with Crippen LogP contribution in [0.4, 0.5) is 0 Å². The summed E-state index contributed by atoms with van der Waals surface area (Å²) in [5.74, 6) is -2.56. The summed E-state index contributed by atoms with van der Waals surface area (Å²) in [5.41, 5.74) is 1.62. The van der Waals surface area contributed by atoms with Crippen LogP contribution in [-0.4, -0.2) is 75.9 Å². The lowest BCUT2D eigenvalue weighted by atomic mass is 9.71. The third kappa shape index (κ3) is 5.74. The van der Waals surface area contributed by atoms with E-state index in [2.05, 4.69) is 26.0 Å². The SMILES string of the molecule is C/C=C(\C)[C@H]1OC2(C[C@@H]3C[C@@H](C/C=C(\C)[C@@H](C)C/C=C\C=C4/CO[C@@H]5[C@H](O)C(C)=C[C@@H](C(=O)O3)[C@]45O)O2)C[C@H](O)[C@@H]1C. The number of ether oxygens (including phenoxy) is 4. The highest BCUT2D eigenvalue weighted by Crippen LogP contribution is 2.47. The van der Waals surface area contributed by atoms with Crippen LogP contribution in [-0.2, 0) is 23.7 Å². The predicted octanol–water partition coefficient (Wildman–Crippen LogP) is 4.45. The lowest BCUT2D eigenvalue weighted by Gasteiger charge is -2.51. The molecule has 8 nitrogen and oxygen atoms in total. The number of carbonyl (C=O) groups is 1. The Morgan fingerprint density at radius 2 is 1.83 bits per heavy atom. The van der Waals surface area contributed by atoms with Crippen molar-refractivity contribution in [2.45, 2.75) is 122 Å². The molecule has 0 radical (unpaired) electrons. The molecule has 3 fully saturated rings. The first-order chi connectivity index (χ1) is 19.9. The van der Waals surface area contributed by atoms with Crippen LogP contribution < -0.4 is 0 Å².